The number of halogens is 1. The molecule has 0 aromatic heterocycles. The highest BCUT2D eigenvalue weighted by molar-refractivity contribution is 5.92. The van der Waals surface area contributed by atoms with Crippen LogP contribution in [0.25, 0.3) is 6.08 Å². The highest BCUT2D eigenvalue weighted by Gasteiger charge is 2.18. The number of hydrogen-bond donors (Lipinski definition) is 1. The van der Waals surface area contributed by atoms with E-state index in [-0.39, 0.29) is 23.9 Å². The lowest BCUT2D eigenvalue weighted by Crippen LogP contribution is -2.41. The zero-order valence-corrected chi connectivity index (χ0v) is 15.7. The molecule has 1 aliphatic rings. The number of morpholine rings is 1. The number of carbonyl (C=O) groups is 1. The van der Waals surface area contributed by atoms with E-state index in [1.165, 1.54) is 18.2 Å². The van der Waals surface area contributed by atoms with E-state index in [0.29, 0.717) is 5.56 Å². The number of hydrogen-bond acceptors (Lipinski definition) is 3. The van der Waals surface area contributed by atoms with Crippen molar-refractivity contribution in [2.75, 3.05) is 24.6 Å². The second kappa shape index (κ2) is 8.82. The third-order valence-electron chi connectivity index (χ3n) is 4.61. The van der Waals surface area contributed by atoms with E-state index in [4.69, 9.17) is 4.74 Å². The Labute approximate surface area is 159 Å². The molecular weight excluding hydrogens is 343 g/mol. The molecule has 3 rings (SSSR count). The summed E-state index contributed by atoms with van der Waals surface area (Å²) in [6.45, 7) is 6.48. The molecule has 1 heterocycles. The summed E-state index contributed by atoms with van der Waals surface area (Å²) in [4.78, 5) is 14.5. The van der Waals surface area contributed by atoms with Crippen molar-refractivity contribution >= 4 is 17.7 Å². The van der Waals surface area contributed by atoms with Crippen LogP contribution in [0.4, 0.5) is 10.1 Å². The fourth-order valence-electron chi connectivity index (χ4n) is 3.17. The first-order valence-electron chi connectivity index (χ1n) is 9.22. The van der Waals surface area contributed by atoms with Gasteiger partial charge in [-0.25, -0.2) is 4.39 Å². The first kappa shape index (κ1) is 19.1. The molecule has 4 nitrogen and oxygen atoms in total. The van der Waals surface area contributed by atoms with Gasteiger partial charge in [0.05, 0.1) is 18.8 Å². The summed E-state index contributed by atoms with van der Waals surface area (Å²) < 4.78 is 18.8. The Morgan fingerprint density at radius 3 is 2.89 bits per heavy atom. The molecule has 1 amide bonds. The summed E-state index contributed by atoms with van der Waals surface area (Å²) in [6.07, 6.45) is 3.25. The molecule has 0 bridgehead atoms. The van der Waals surface area contributed by atoms with Gasteiger partial charge in [-0.2, -0.15) is 0 Å². The first-order valence-corrected chi connectivity index (χ1v) is 9.22. The van der Waals surface area contributed by atoms with Gasteiger partial charge in [-0.3, -0.25) is 4.79 Å². The molecule has 1 N–H and O–H groups in total. The maximum absolute atomic E-state index is 13.2. The first-order chi connectivity index (χ1) is 13.0. The molecule has 1 fully saturated rings. The monoisotopic (exact) mass is 368 g/mol. The Morgan fingerprint density at radius 1 is 1.30 bits per heavy atom. The molecule has 1 saturated heterocycles. The van der Waals surface area contributed by atoms with Gasteiger partial charge in [0, 0.05) is 24.9 Å². The SMILES string of the molecule is CC1CN(c2cccc(C(C)NC(=O)C=Cc3cccc(F)c3)c2)CCO1. The van der Waals surface area contributed by atoms with Crippen molar-refractivity contribution in [3.63, 3.8) is 0 Å². The van der Waals surface area contributed by atoms with E-state index in [1.54, 1.807) is 18.2 Å². The Bertz CT molecular complexity index is 821. The van der Waals surface area contributed by atoms with Crippen molar-refractivity contribution in [3.8, 4) is 0 Å². The molecule has 2 atom stereocenters. The molecule has 1 aliphatic heterocycles. The summed E-state index contributed by atoms with van der Waals surface area (Å²) in [5.41, 5.74) is 2.83. The minimum Gasteiger partial charge on any atom is -0.375 e. The summed E-state index contributed by atoms with van der Waals surface area (Å²) in [5, 5.41) is 2.96. The summed E-state index contributed by atoms with van der Waals surface area (Å²) >= 11 is 0. The molecule has 5 heteroatoms. The second-order valence-electron chi connectivity index (χ2n) is 6.84. The zero-order valence-electron chi connectivity index (χ0n) is 15.7. The normalized spacial score (nSPS) is 18.5. The molecule has 142 valence electrons. The van der Waals surface area contributed by atoms with Crippen molar-refractivity contribution < 1.29 is 13.9 Å². The van der Waals surface area contributed by atoms with Gasteiger partial charge in [-0.05, 0) is 55.3 Å². The average molecular weight is 368 g/mol. The fourth-order valence-corrected chi connectivity index (χ4v) is 3.17. The largest absolute Gasteiger partial charge is 0.375 e. The van der Waals surface area contributed by atoms with E-state index in [2.05, 4.69) is 29.3 Å². The average Bonchev–Trinajstić information content (AvgIpc) is 2.66. The maximum Gasteiger partial charge on any atom is 0.244 e. The van der Waals surface area contributed by atoms with Gasteiger partial charge in [-0.1, -0.05) is 24.3 Å². The quantitative estimate of drug-likeness (QED) is 0.813. The summed E-state index contributed by atoms with van der Waals surface area (Å²) in [5.74, 6) is -0.530. The van der Waals surface area contributed by atoms with Crippen molar-refractivity contribution in [2.45, 2.75) is 26.0 Å². The van der Waals surface area contributed by atoms with Gasteiger partial charge in [0.15, 0.2) is 0 Å². The Balaban J connectivity index is 1.62. The number of nitrogens with zero attached hydrogens (tertiary/aromatic N) is 1. The predicted octanol–water partition coefficient (Wildman–Crippen LogP) is 3.94. The van der Waals surface area contributed by atoms with Crippen LogP contribution in [-0.2, 0) is 9.53 Å². The highest BCUT2D eigenvalue weighted by atomic mass is 19.1. The summed E-state index contributed by atoms with van der Waals surface area (Å²) in [7, 11) is 0. The number of anilines is 1. The molecule has 27 heavy (non-hydrogen) atoms. The molecule has 0 aliphatic carbocycles. The number of rotatable bonds is 5. The van der Waals surface area contributed by atoms with Gasteiger partial charge in [-0.15, -0.1) is 0 Å². The number of ether oxygens (including phenoxy) is 1. The lowest BCUT2D eigenvalue weighted by Gasteiger charge is -2.33. The molecular formula is C22H25FN2O2. The lowest BCUT2D eigenvalue weighted by atomic mass is 10.1. The lowest BCUT2D eigenvalue weighted by molar-refractivity contribution is -0.117. The molecule has 2 aromatic rings. The Kier molecular flexibility index (Phi) is 6.24. The third-order valence-corrected chi connectivity index (χ3v) is 4.61. The molecule has 0 spiro atoms. The van der Waals surface area contributed by atoms with Crippen LogP contribution in [0.3, 0.4) is 0 Å². The van der Waals surface area contributed by atoms with Gasteiger partial charge in [0.2, 0.25) is 5.91 Å². The van der Waals surface area contributed by atoms with Gasteiger partial charge in [0.1, 0.15) is 5.82 Å². The molecule has 0 saturated carbocycles. The second-order valence-corrected chi connectivity index (χ2v) is 6.84. The van der Waals surface area contributed by atoms with Crippen LogP contribution in [0, 0.1) is 5.82 Å². The van der Waals surface area contributed by atoms with Crippen molar-refractivity contribution in [2.24, 2.45) is 0 Å². The maximum atomic E-state index is 13.2. The number of amides is 1. The van der Waals surface area contributed by atoms with Crippen LogP contribution in [0.2, 0.25) is 0 Å². The van der Waals surface area contributed by atoms with Gasteiger partial charge >= 0.3 is 0 Å². The third kappa shape index (κ3) is 5.41. The Hall–Kier alpha value is -2.66. The zero-order chi connectivity index (χ0) is 19.2. The van der Waals surface area contributed by atoms with E-state index < -0.39 is 0 Å². The van der Waals surface area contributed by atoms with Crippen molar-refractivity contribution in [3.05, 3.63) is 71.6 Å². The molecule has 0 radical (unpaired) electrons. The molecule has 2 unspecified atom stereocenters. The number of nitrogens with one attached hydrogen (secondary N) is 1. The van der Waals surface area contributed by atoms with E-state index in [0.717, 1.165) is 30.9 Å². The standard InChI is InChI=1S/C22H25FN2O2/c1-16-15-25(11-12-27-16)21-8-4-6-19(14-21)17(2)24-22(26)10-9-18-5-3-7-20(23)13-18/h3-10,13-14,16-17H,11-12,15H2,1-2H3,(H,24,26). The van der Waals surface area contributed by atoms with Crippen LogP contribution in [-0.4, -0.2) is 31.7 Å². The highest BCUT2D eigenvalue weighted by Crippen LogP contribution is 2.22. The number of benzene rings is 2. The van der Waals surface area contributed by atoms with Crippen LogP contribution in [0.1, 0.15) is 31.0 Å². The molecule has 2 aromatic carbocycles. The van der Waals surface area contributed by atoms with E-state index in [1.807, 2.05) is 19.1 Å². The van der Waals surface area contributed by atoms with E-state index in [9.17, 15) is 9.18 Å². The minimum absolute atomic E-state index is 0.131. The topological polar surface area (TPSA) is 41.6 Å². The van der Waals surface area contributed by atoms with Crippen LogP contribution >= 0.6 is 0 Å². The smallest absolute Gasteiger partial charge is 0.244 e. The summed E-state index contributed by atoms with van der Waals surface area (Å²) in [6, 6.07) is 14.2. The van der Waals surface area contributed by atoms with Gasteiger partial charge in [0.25, 0.3) is 0 Å². The van der Waals surface area contributed by atoms with Crippen molar-refractivity contribution in [1.29, 1.82) is 0 Å². The van der Waals surface area contributed by atoms with Gasteiger partial charge < -0.3 is 15.0 Å². The Morgan fingerprint density at radius 2 is 2.11 bits per heavy atom. The van der Waals surface area contributed by atoms with Crippen molar-refractivity contribution in [1.82, 2.24) is 5.32 Å². The fraction of sp³-hybridized carbons (Fsp3) is 0.318. The van der Waals surface area contributed by atoms with Crippen LogP contribution in [0.15, 0.2) is 54.6 Å². The van der Waals surface area contributed by atoms with Crippen LogP contribution < -0.4 is 10.2 Å². The van der Waals surface area contributed by atoms with Crippen LogP contribution in [0.5, 0.6) is 0 Å². The predicted molar refractivity (Wildman–Crippen MR) is 106 cm³/mol. The minimum atomic E-state index is -0.319. The van der Waals surface area contributed by atoms with E-state index >= 15 is 0 Å². The number of carbonyl (C=O) groups excluding carboxylic acids is 1.